The van der Waals surface area contributed by atoms with Gasteiger partial charge in [-0.1, -0.05) is 29.8 Å². The van der Waals surface area contributed by atoms with E-state index in [2.05, 4.69) is 30.1 Å². The van der Waals surface area contributed by atoms with Crippen LogP contribution in [0.5, 0.6) is 0 Å². The van der Waals surface area contributed by atoms with Crippen LogP contribution in [0.25, 0.3) is 6.08 Å². The number of aryl methyl sites for hydroxylation is 2. The van der Waals surface area contributed by atoms with Gasteiger partial charge >= 0.3 is 5.97 Å². The van der Waals surface area contributed by atoms with Crippen LogP contribution in [0.15, 0.2) is 57.8 Å². The third-order valence-corrected chi connectivity index (χ3v) is 3.20. The van der Waals surface area contributed by atoms with Crippen molar-refractivity contribution in [1.29, 1.82) is 0 Å². The number of furan rings is 1. The number of ether oxygens (including phenoxy) is 1. The summed E-state index contributed by atoms with van der Waals surface area (Å²) in [4.78, 5) is 16.0. The summed E-state index contributed by atoms with van der Waals surface area (Å²) in [7, 11) is 0. The standard InChI is InChI=1S/C17H15NO3/c1-12-4-2-5-13(10-12)7-8-16-18-15(17(19)21-16)11-14-6-3-9-20-14/h2-6,9-11H,7-8H2,1H3/b15-11+. The minimum Gasteiger partial charge on any atom is -0.465 e. The Balaban J connectivity index is 1.68. The van der Waals surface area contributed by atoms with Crippen molar-refractivity contribution in [2.45, 2.75) is 19.8 Å². The normalized spacial score (nSPS) is 16.1. The number of nitrogens with zero attached hydrogens (tertiary/aromatic N) is 1. The van der Waals surface area contributed by atoms with Crippen LogP contribution in [0.4, 0.5) is 0 Å². The molecule has 4 nitrogen and oxygen atoms in total. The molecule has 1 aromatic carbocycles. The zero-order chi connectivity index (χ0) is 14.7. The highest BCUT2D eigenvalue weighted by Gasteiger charge is 2.22. The number of carbonyl (C=O) groups excluding carboxylic acids is 1. The van der Waals surface area contributed by atoms with Gasteiger partial charge in [0.2, 0.25) is 0 Å². The molecule has 2 heterocycles. The van der Waals surface area contributed by atoms with Crippen molar-refractivity contribution >= 4 is 17.9 Å². The summed E-state index contributed by atoms with van der Waals surface area (Å²) in [5.41, 5.74) is 2.71. The summed E-state index contributed by atoms with van der Waals surface area (Å²) in [6, 6.07) is 11.8. The van der Waals surface area contributed by atoms with Gasteiger partial charge in [0.25, 0.3) is 0 Å². The maximum absolute atomic E-state index is 11.7. The molecule has 0 fully saturated rings. The average Bonchev–Trinajstić information content (AvgIpc) is 3.08. The molecule has 0 radical (unpaired) electrons. The van der Waals surface area contributed by atoms with Crippen LogP contribution in [0.2, 0.25) is 0 Å². The zero-order valence-corrected chi connectivity index (χ0v) is 11.7. The van der Waals surface area contributed by atoms with E-state index in [1.807, 2.05) is 6.07 Å². The second-order valence-electron chi connectivity index (χ2n) is 4.93. The molecule has 0 saturated carbocycles. The van der Waals surface area contributed by atoms with E-state index in [-0.39, 0.29) is 5.70 Å². The van der Waals surface area contributed by atoms with Crippen LogP contribution in [-0.4, -0.2) is 11.9 Å². The van der Waals surface area contributed by atoms with Crippen molar-refractivity contribution < 1.29 is 13.9 Å². The minimum atomic E-state index is -0.425. The van der Waals surface area contributed by atoms with Crippen molar-refractivity contribution in [2.24, 2.45) is 4.99 Å². The largest absolute Gasteiger partial charge is 0.465 e. The van der Waals surface area contributed by atoms with E-state index in [9.17, 15) is 4.79 Å². The molecule has 0 saturated heterocycles. The van der Waals surface area contributed by atoms with Gasteiger partial charge < -0.3 is 9.15 Å². The first-order valence-corrected chi connectivity index (χ1v) is 6.81. The topological polar surface area (TPSA) is 51.8 Å². The number of hydrogen-bond donors (Lipinski definition) is 0. The fourth-order valence-electron chi connectivity index (χ4n) is 2.19. The molecule has 3 rings (SSSR count). The SMILES string of the molecule is Cc1cccc(CCC2=N/C(=C/c3ccco3)C(=O)O2)c1. The lowest BCUT2D eigenvalue weighted by Crippen LogP contribution is -2.05. The molecule has 106 valence electrons. The summed E-state index contributed by atoms with van der Waals surface area (Å²) in [5, 5.41) is 0. The Morgan fingerprint density at radius 2 is 2.10 bits per heavy atom. The first-order chi connectivity index (χ1) is 10.2. The number of cyclic esters (lactones) is 1. The van der Waals surface area contributed by atoms with E-state index in [1.54, 1.807) is 24.5 Å². The monoisotopic (exact) mass is 281 g/mol. The Hall–Kier alpha value is -2.62. The molecule has 0 amide bonds. The van der Waals surface area contributed by atoms with E-state index in [0.717, 1.165) is 6.42 Å². The molecule has 1 aromatic heterocycles. The number of hydrogen-bond acceptors (Lipinski definition) is 4. The molecular formula is C17H15NO3. The third-order valence-electron chi connectivity index (χ3n) is 3.20. The number of carbonyl (C=O) groups is 1. The molecule has 0 bridgehead atoms. The van der Waals surface area contributed by atoms with E-state index < -0.39 is 5.97 Å². The Bertz CT molecular complexity index is 711. The number of rotatable bonds is 4. The van der Waals surface area contributed by atoms with Gasteiger partial charge in [-0.3, -0.25) is 0 Å². The molecule has 0 spiro atoms. The van der Waals surface area contributed by atoms with Gasteiger partial charge in [-0.25, -0.2) is 9.79 Å². The van der Waals surface area contributed by atoms with Crippen LogP contribution in [0, 0.1) is 6.92 Å². The molecule has 0 unspecified atom stereocenters. The molecule has 1 aliphatic heterocycles. The molecule has 2 aromatic rings. The molecular weight excluding hydrogens is 266 g/mol. The fourth-order valence-corrected chi connectivity index (χ4v) is 2.19. The molecule has 1 aliphatic rings. The fraction of sp³-hybridized carbons (Fsp3) is 0.176. The van der Waals surface area contributed by atoms with Gasteiger partial charge in [-0.2, -0.15) is 0 Å². The number of benzene rings is 1. The predicted octanol–water partition coefficient (Wildman–Crippen LogP) is 3.52. The maximum Gasteiger partial charge on any atom is 0.363 e. The Morgan fingerprint density at radius 1 is 1.19 bits per heavy atom. The highest BCUT2D eigenvalue weighted by Crippen LogP contribution is 2.18. The van der Waals surface area contributed by atoms with Crippen molar-refractivity contribution in [1.82, 2.24) is 0 Å². The summed E-state index contributed by atoms with van der Waals surface area (Å²) < 4.78 is 10.3. The maximum atomic E-state index is 11.7. The Labute approximate surface area is 122 Å². The molecule has 0 N–H and O–H groups in total. The summed E-state index contributed by atoms with van der Waals surface area (Å²) >= 11 is 0. The lowest BCUT2D eigenvalue weighted by atomic mass is 10.1. The molecule has 0 aliphatic carbocycles. The first-order valence-electron chi connectivity index (χ1n) is 6.81. The van der Waals surface area contributed by atoms with E-state index >= 15 is 0 Å². The second-order valence-corrected chi connectivity index (χ2v) is 4.93. The first kappa shape index (κ1) is 13.4. The summed E-state index contributed by atoms with van der Waals surface area (Å²) in [6.07, 6.45) is 4.53. The van der Waals surface area contributed by atoms with Crippen LogP contribution < -0.4 is 0 Å². The highest BCUT2D eigenvalue weighted by atomic mass is 16.6. The van der Waals surface area contributed by atoms with Crippen molar-refractivity contribution in [3.63, 3.8) is 0 Å². The Kier molecular flexibility index (Phi) is 3.69. The van der Waals surface area contributed by atoms with E-state index in [4.69, 9.17) is 9.15 Å². The van der Waals surface area contributed by atoms with Crippen molar-refractivity contribution in [2.75, 3.05) is 0 Å². The third kappa shape index (κ3) is 3.28. The average molecular weight is 281 g/mol. The quantitative estimate of drug-likeness (QED) is 0.636. The van der Waals surface area contributed by atoms with Gasteiger partial charge in [-0.15, -0.1) is 0 Å². The van der Waals surface area contributed by atoms with Gasteiger partial charge in [0.15, 0.2) is 11.6 Å². The van der Waals surface area contributed by atoms with Crippen LogP contribution in [-0.2, 0) is 16.0 Å². The second kappa shape index (κ2) is 5.79. The van der Waals surface area contributed by atoms with Gasteiger partial charge in [-0.05, 0) is 31.0 Å². The van der Waals surface area contributed by atoms with E-state index in [1.165, 1.54) is 11.1 Å². The van der Waals surface area contributed by atoms with E-state index in [0.29, 0.717) is 18.1 Å². The van der Waals surface area contributed by atoms with Crippen molar-refractivity contribution in [3.8, 4) is 0 Å². The number of esters is 1. The van der Waals surface area contributed by atoms with Crippen LogP contribution in [0.1, 0.15) is 23.3 Å². The Morgan fingerprint density at radius 3 is 2.86 bits per heavy atom. The van der Waals surface area contributed by atoms with Gasteiger partial charge in [0.05, 0.1) is 6.26 Å². The molecule has 4 heteroatoms. The van der Waals surface area contributed by atoms with Crippen LogP contribution >= 0.6 is 0 Å². The zero-order valence-electron chi connectivity index (χ0n) is 11.7. The lowest BCUT2D eigenvalue weighted by molar-refractivity contribution is -0.130. The van der Waals surface area contributed by atoms with Crippen LogP contribution in [0.3, 0.4) is 0 Å². The minimum absolute atomic E-state index is 0.282. The summed E-state index contributed by atoms with van der Waals surface area (Å²) in [6.45, 7) is 2.06. The van der Waals surface area contributed by atoms with Crippen molar-refractivity contribution in [3.05, 3.63) is 65.2 Å². The predicted molar refractivity (Wildman–Crippen MR) is 79.7 cm³/mol. The molecule has 0 atom stereocenters. The molecule has 21 heavy (non-hydrogen) atoms. The lowest BCUT2D eigenvalue weighted by Gasteiger charge is -2.01. The van der Waals surface area contributed by atoms with Gasteiger partial charge in [0.1, 0.15) is 5.76 Å². The van der Waals surface area contributed by atoms with Gasteiger partial charge in [0, 0.05) is 12.5 Å². The summed E-state index contributed by atoms with van der Waals surface area (Å²) in [5.74, 6) is 0.621. The number of aliphatic imine (C=N–C) groups is 1. The highest BCUT2D eigenvalue weighted by molar-refractivity contribution is 6.07. The smallest absolute Gasteiger partial charge is 0.363 e.